The van der Waals surface area contributed by atoms with Gasteiger partial charge in [-0.3, -0.25) is 9.41 Å². The minimum Gasteiger partial charge on any atom is -0.307 e. The molecule has 0 fully saturated rings. The van der Waals surface area contributed by atoms with Gasteiger partial charge in [-0.05, 0) is 0 Å². The molecule has 0 atom stereocenters. The number of halogens is 2. The molecule has 0 unspecified atom stereocenters. The molecule has 0 aliphatic heterocycles. The molecule has 1 aromatic carbocycles. The molecule has 0 saturated heterocycles. The van der Waals surface area contributed by atoms with E-state index in [0.717, 1.165) is 0 Å². The number of hydrogen-bond donors (Lipinski definition) is 0. The van der Waals surface area contributed by atoms with Crippen LogP contribution in [0.3, 0.4) is 0 Å². The van der Waals surface area contributed by atoms with Crippen LogP contribution in [0.25, 0.3) is 0 Å². The lowest BCUT2D eigenvalue weighted by molar-refractivity contribution is 0.108. The van der Waals surface area contributed by atoms with Crippen LogP contribution >= 0.6 is 0 Å². The fraction of sp³-hybridized carbons (Fsp3) is 0. The summed E-state index contributed by atoms with van der Waals surface area (Å²) in [4.78, 5) is 10.4. The Morgan fingerprint density at radius 1 is 1.09 bits per heavy atom. The molecule has 2 radical (unpaired) electrons. The maximum Gasteiger partial charge on any atom is 0.175 e. The first-order valence-electron chi connectivity index (χ1n) is 2.65. The molecule has 4 heteroatoms. The first kappa shape index (κ1) is 12.5. The third kappa shape index (κ3) is 3.50. The van der Waals surface area contributed by atoms with E-state index in [1.54, 1.807) is 24.3 Å². The van der Waals surface area contributed by atoms with E-state index < -0.39 is 0 Å². The fourth-order valence-corrected chi connectivity index (χ4v) is 0.602. The zero-order valence-corrected chi connectivity index (χ0v) is 5.69. The van der Waals surface area contributed by atoms with Crippen LogP contribution in [0.4, 0.5) is 9.41 Å². The van der Waals surface area contributed by atoms with E-state index in [2.05, 4.69) is 0 Å². The summed E-state index contributed by atoms with van der Waals surface area (Å²) in [6.45, 7) is 0. The van der Waals surface area contributed by atoms with Crippen molar-refractivity contribution in [1.82, 2.24) is 0 Å². The van der Waals surface area contributed by atoms with Crippen molar-refractivity contribution in [2.75, 3.05) is 0 Å². The molecule has 0 aromatic heterocycles. The standard InChI is InChI=1S/C7H5BO.2FH/c8-7(9)6-4-2-1-3-5-6;;/h1-5H;2*1H. The van der Waals surface area contributed by atoms with E-state index in [1.165, 1.54) is 0 Å². The lowest BCUT2D eigenvalue weighted by Gasteiger charge is -1.90. The number of carbonyl (C=O) groups is 1. The molecule has 0 saturated carbocycles. The summed E-state index contributed by atoms with van der Waals surface area (Å²) in [6.07, 6.45) is 0. The third-order valence-electron chi connectivity index (χ3n) is 1.06. The average molecular weight is 156 g/mol. The predicted molar refractivity (Wildman–Crippen MR) is 41.5 cm³/mol. The highest BCUT2D eigenvalue weighted by atomic mass is 19.0. The van der Waals surface area contributed by atoms with Gasteiger partial charge in [0.05, 0.1) is 0 Å². The summed E-state index contributed by atoms with van der Waals surface area (Å²) < 4.78 is 0. The van der Waals surface area contributed by atoms with Crippen LogP contribution in [0.1, 0.15) is 10.4 Å². The van der Waals surface area contributed by atoms with E-state index in [-0.39, 0.29) is 15.1 Å². The number of hydrogen-bond acceptors (Lipinski definition) is 1. The van der Waals surface area contributed by atoms with Crippen molar-refractivity contribution in [2.45, 2.75) is 0 Å². The normalized spacial score (nSPS) is 7.27. The van der Waals surface area contributed by atoms with Gasteiger partial charge in [0.2, 0.25) is 0 Å². The highest BCUT2D eigenvalue weighted by Gasteiger charge is 1.92. The van der Waals surface area contributed by atoms with Crippen LogP contribution in [0.15, 0.2) is 30.3 Å². The van der Waals surface area contributed by atoms with Gasteiger partial charge < -0.3 is 4.79 Å². The van der Waals surface area contributed by atoms with Crippen molar-refractivity contribution in [3.8, 4) is 0 Å². The maximum absolute atomic E-state index is 10.4. The zero-order chi connectivity index (χ0) is 6.69. The average Bonchev–Trinajstić information content (AvgIpc) is 1.90. The van der Waals surface area contributed by atoms with E-state index >= 15 is 0 Å². The van der Waals surface area contributed by atoms with Gasteiger partial charge in [-0.1, -0.05) is 30.3 Å². The van der Waals surface area contributed by atoms with Crippen molar-refractivity contribution in [3.63, 3.8) is 0 Å². The second-order valence-corrected chi connectivity index (χ2v) is 1.73. The molecule has 1 aromatic rings. The van der Waals surface area contributed by atoms with Gasteiger partial charge in [-0.25, -0.2) is 0 Å². The highest BCUT2D eigenvalue weighted by molar-refractivity contribution is 6.62. The third-order valence-corrected chi connectivity index (χ3v) is 1.06. The van der Waals surface area contributed by atoms with Gasteiger partial charge >= 0.3 is 0 Å². The number of benzene rings is 1. The lowest BCUT2D eigenvalue weighted by atomic mass is 9.95. The van der Waals surface area contributed by atoms with Gasteiger partial charge in [-0.15, -0.1) is 0 Å². The second-order valence-electron chi connectivity index (χ2n) is 1.73. The van der Waals surface area contributed by atoms with Gasteiger partial charge in [0.25, 0.3) is 0 Å². The smallest absolute Gasteiger partial charge is 0.175 e. The van der Waals surface area contributed by atoms with Gasteiger partial charge in [-0.2, -0.15) is 0 Å². The Labute approximate surface area is 64.6 Å². The molecule has 0 aliphatic carbocycles. The zero-order valence-electron chi connectivity index (χ0n) is 5.69. The summed E-state index contributed by atoms with van der Waals surface area (Å²) in [5.41, 5.74) is 0.174. The van der Waals surface area contributed by atoms with Crippen molar-refractivity contribution in [1.29, 1.82) is 0 Å². The summed E-state index contributed by atoms with van der Waals surface area (Å²) in [5, 5.41) is 0. The van der Waals surface area contributed by atoms with Gasteiger partial charge in [0.15, 0.2) is 7.85 Å². The maximum atomic E-state index is 10.4. The van der Waals surface area contributed by atoms with Gasteiger partial charge in [0.1, 0.15) is 5.68 Å². The number of carbonyl (C=O) groups excluding carboxylic acids is 1. The minimum absolute atomic E-state index is 0. The monoisotopic (exact) mass is 156 g/mol. The summed E-state index contributed by atoms with van der Waals surface area (Å²) in [5.74, 6) is 0. The summed E-state index contributed by atoms with van der Waals surface area (Å²) in [7, 11) is 4.97. The van der Waals surface area contributed by atoms with Gasteiger partial charge in [0, 0.05) is 5.56 Å². The van der Waals surface area contributed by atoms with Crippen LogP contribution < -0.4 is 0 Å². The van der Waals surface area contributed by atoms with Crippen LogP contribution in [-0.4, -0.2) is 13.5 Å². The molecule has 1 rings (SSSR count). The Morgan fingerprint density at radius 3 is 1.82 bits per heavy atom. The quantitative estimate of drug-likeness (QED) is 0.560. The molecular weight excluding hydrogens is 149 g/mol. The van der Waals surface area contributed by atoms with E-state index in [0.29, 0.717) is 5.56 Å². The first-order valence-corrected chi connectivity index (χ1v) is 2.65. The topological polar surface area (TPSA) is 17.1 Å². The summed E-state index contributed by atoms with van der Waals surface area (Å²) in [6, 6.07) is 8.76. The van der Waals surface area contributed by atoms with Crippen LogP contribution in [-0.2, 0) is 0 Å². The first-order chi connectivity index (χ1) is 4.30. The Morgan fingerprint density at radius 2 is 1.55 bits per heavy atom. The van der Waals surface area contributed by atoms with Crippen LogP contribution in [0.5, 0.6) is 0 Å². The fourth-order valence-electron chi connectivity index (χ4n) is 0.602. The van der Waals surface area contributed by atoms with Crippen molar-refractivity contribution in [3.05, 3.63) is 35.9 Å². The highest BCUT2D eigenvalue weighted by Crippen LogP contribution is 1.95. The Hall–Kier alpha value is -1.19. The van der Waals surface area contributed by atoms with Crippen molar-refractivity contribution in [2.24, 2.45) is 0 Å². The molecule has 11 heavy (non-hydrogen) atoms. The second kappa shape index (κ2) is 5.59. The minimum atomic E-state index is -0.379. The SMILES string of the molecule is F.F.[B]C(=O)c1ccccc1. The van der Waals surface area contributed by atoms with E-state index in [4.69, 9.17) is 7.85 Å². The van der Waals surface area contributed by atoms with E-state index in [9.17, 15) is 4.79 Å². The Balaban J connectivity index is 0. The Bertz CT molecular complexity index is 213. The molecule has 1 nitrogen and oxygen atoms in total. The molecule has 0 aliphatic rings. The lowest BCUT2D eigenvalue weighted by Crippen LogP contribution is -1.94. The Kier molecular flexibility index (Phi) is 6.34. The molecule has 0 N–H and O–H groups in total. The molecular formula is C7H7BF2O. The molecule has 58 valence electrons. The van der Waals surface area contributed by atoms with Crippen molar-refractivity contribution < 1.29 is 14.2 Å². The largest absolute Gasteiger partial charge is 0.307 e. The summed E-state index contributed by atoms with van der Waals surface area (Å²) >= 11 is 0. The molecule has 0 heterocycles. The predicted octanol–water partition coefficient (Wildman–Crippen LogP) is 1.30. The molecule has 0 spiro atoms. The molecule has 0 bridgehead atoms. The molecule has 0 amide bonds. The van der Waals surface area contributed by atoms with Crippen LogP contribution in [0, 0.1) is 0 Å². The van der Waals surface area contributed by atoms with Crippen LogP contribution in [0.2, 0.25) is 0 Å². The number of rotatable bonds is 1. The van der Waals surface area contributed by atoms with Crippen molar-refractivity contribution >= 4 is 13.5 Å². The van der Waals surface area contributed by atoms with E-state index in [1.807, 2.05) is 6.07 Å².